The number of hydrogen-bond acceptors (Lipinski definition) is 3. The first kappa shape index (κ1) is 12.2. The standard InChI is InChI=1S/C10H15N3O3/c1-7(2)13-5-11-4-9(13)8(12-6-14)3-10(15)16/h4-8H,3H2,1-2H3,(H,12,14)(H,15,16). The van der Waals surface area contributed by atoms with Crippen molar-refractivity contribution in [2.75, 3.05) is 0 Å². The second-order valence-electron chi connectivity index (χ2n) is 3.75. The van der Waals surface area contributed by atoms with E-state index in [1.54, 1.807) is 12.5 Å². The monoisotopic (exact) mass is 225 g/mol. The topological polar surface area (TPSA) is 84.2 Å². The lowest BCUT2D eigenvalue weighted by Crippen LogP contribution is -2.25. The summed E-state index contributed by atoms with van der Waals surface area (Å²) in [5.41, 5.74) is 0.699. The van der Waals surface area contributed by atoms with Crippen molar-refractivity contribution < 1.29 is 14.7 Å². The van der Waals surface area contributed by atoms with Gasteiger partial charge < -0.3 is 15.0 Å². The summed E-state index contributed by atoms with van der Waals surface area (Å²) in [5, 5.41) is 11.2. The van der Waals surface area contributed by atoms with E-state index in [0.717, 1.165) is 0 Å². The first-order valence-electron chi connectivity index (χ1n) is 4.99. The second-order valence-corrected chi connectivity index (χ2v) is 3.75. The number of nitrogens with one attached hydrogen (secondary N) is 1. The molecule has 88 valence electrons. The molecule has 1 aromatic rings. The number of carboxylic acids is 1. The number of aliphatic carboxylic acids is 1. The Morgan fingerprint density at radius 2 is 2.38 bits per heavy atom. The fraction of sp³-hybridized carbons (Fsp3) is 0.500. The van der Waals surface area contributed by atoms with Crippen molar-refractivity contribution in [1.29, 1.82) is 0 Å². The van der Waals surface area contributed by atoms with Gasteiger partial charge in [0.05, 0.1) is 30.7 Å². The van der Waals surface area contributed by atoms with Crippen LogP contribution in [0, 0.1) is 0 Å². The van der Waals surface area contributed by atoms with Crippen molar-refractivity contribution in [3.05, 3.63) is 18.2 Å². The van der Waals surface area contributed by atoms with Gasteiger partial charge in [0.1, 0.15) is 0 Å². The SMILES string of the molecule is CC(C)n1cncc1C(CC(=O)O)NC=O. The zero-order valence-electron chi connectivity index (χ0n) is 9.25. The van der Waals surface area contributed by atoms with Crippen molar-refractivity contribution in [1.82, 2.24) is 14.9 Å². The summed E-state index contributed by atoms with van der Waals surface area (Å²) in [6.45, 7) is 3.92. The summed E-state index contributed by atoms with van der Waals surface area (Å²) in [5.74, 6) is -0.962. The number of carbonyl (C=O) groups excluding carboxylic acids is 1. The highest BCUT2D eigenvalue weighted by atomic mass is 16.4. The minimum atomic E-state index is -0.962. The molecule has 0 saturated carbocycles. The summed E-state index contributed by atoms with van der Waals surface area (Å²) in [7, 11) is 0. The first-order chi connectivity index (χ1) is 7.56. The maximum absolute atomic E-state index is 10.7. The summed E-state index contributed by atoms with van der Waals surface area (Å²) >= 11 is 0. The second kappa shape index (κ2) is 5.29. The van der Waals surface area contributed by atoms with E-state index in [2.05, 4.69) is 10.3 Å². The van der Waals surface area contributed by atoms with E-state index in [9.17, 15) is 9.59 Å². The molecule has 1 amide bonds. The van der Waals surface area contributed by atoms with Gasteiger partial charge in [-0.3, -0.25) is 9.59 Å². The molecule has 0 aliphatic rings. The molecule has 1 unspecified atom stereocenters. The Labute approximate surface area is 93.3 Å². The van der Waals surface area contributed by atoms with E-state index in [0.29, 0.717) is 12.1 Å². The summed E-state index contributed by atoms with van der Waals surface area (Å²) in [6, 6.07) is -0.373. The van der Waals surface area contributed by atoms with Crippen LogP contribution in [0.25, 0.3) is 0 Å². The third-order valence-corrected chi connectivity index (χ3v) is 2.26. The largest absolute Gasteiger partial charge is 0.481 e. The number of rotatable bonds is 6. The Balaban J connectivity index is 2.95. The van der Waals surface area contributed by atoms with Gasteiger partial charge in [0.25, 0.3) is 0 Å². The third-order valence-electron chi connectivity index (χ3n) is 2.26. The highest BCUT2D eigenvalue weighted by Gasteiger charge is 2.19. The molecule has 6 nitrogen and oxygen atoms in total. The van der Waals surface area contributed by atoms with Crippen molar-refractivity contribution in [2.45, 2.75) is 32.4 Å². The predicted molar refractivity (Wildman–Crippen MR) is 56.8 cm³/mol. The zero-order valence-corrected chi connectivity index (χ0v) is 9.25. The minimum absolute atomic E-state index is 0.156. The highest BCUT2D eigenvalue weighted by molar-refractivity contribution is 5.68. The maximum atomic E-state index is 10.7. The summed E-state index contributed by atoms with van der Waals surface area (Å²) in [6.07, 6.45) is 3.55. The number of aromatic nitrogens is 2. The minimum Gasteiger partial charge on any atom is -0.481 e. The molecule has 16 heavy (non-hydrogen) atoms. The molecular formula is C10H15N3O3. The smallest absolute Gasteiger partial charge is 0.305 e. The molecule has 0 fully saturated rings. The lowest BCUT2D eigenvalue weighted by atomic mass is 10.1. The molecule has 0 aliphatic carbocycles. The third kappa shape index (κ3) is 2.82. The average molecular weight is 225 g/mol. The molecule has 1 atom stereocenters. The molecule has 1 rings (SSSR count). The molecule has 1 heterocycles. The van der Waals surface area contributed by atoms with Crippen LogP contribution in [0.1, 0.15) is 38.0 Å². The van der Waals surface area contributed by atoms with Crippen molar-refractivity contribution in [2.24, 2.45) is 0 Å². The van der Waals surface area contributed by atoms with Crippen LogP contribution in [-0.2, 0) is 9.59 Å². The Bertz CT molecular complexity index is 373. The number of carbonyl (C=O) groups is 2. The van der Waals surface area contributed by atoms with Crippen molar-refractivity contribution in [3.63, 3.8) is 0 Å². The highest BCUT2D eigenvalue weighted by Crippen LogP contribution is 2.19. The molecule has 0 spiro atoms. The van der Waals surface area contributed by atoms with Crippen LogP contribution in [0.4, 0.5) is 0 Å². The van der Waals surface area contributed by atoms with E-state index in [4.69, 9.17) is 5.11 Å². The summed E-state index contributed by atoms with van der Waals surface area (Å²) in [4.78, 5) is 25.1. The first-order valence-corrected chi connectivity index (χ1v) is 4.99. The molecule has 2 N–H and O–H groups in total. The zero-order chi connectivity index (χ0) is 12.1. The van der Waals surface area contributed by atoms with Gasteiger partial charge >= 0.3 is 5.97 Å². The van der Waals surface area contributed by atoms with E-state index in [1.807, 2.05) is 18.4 Å². The molecule has 0 bridgehead atoms. The van der Waals surface area contributed by atoms with Gasteiger partial charge in [-0.2, -0.15) is 0 Å². The Hall–Kier alpha value is -1.85. The van der Waals surface area contributed by atoms with Gasteiger partial charge in [-0.1, -0.05) is 0 Å². The van der Waals surface area contributed by atoms with Crippen LogP contribution in [0.3, 0.4) is 0 Å². The molecule has 0 radical (unpaired) electrons. The van der Waals surface area contributed by atoms with Crippen LogP contribution in [0.2, 0.25) is 0 Å². The average Bonchev–Trinajstić information content (AvgIpc) is 2.64. The number of carboxylic acid groups (broad SMARTS) is 1. The van der Waals surface area contributed by atoms with E-state index >= 15 is 0 Å². The van der Waals surface area contributed by atoms with Crippen LogP contribution in [0.15, 0.2) is 12.5 Å². The number of amides is 1. The van der Waals surface area contributed by atoms with Gasteiger partial charge in [0, 0.05) is 6.04 Å². The van der Waals surface area contributed by atoms with E-state index in [1.165, 1.54) is 0 Å². The Kier molecular flexibility index (Phi) is 4.04. The number of imidazole rings is 1. The van der Waals surface area contributed by atoms with Crippen LogP contribution < -0.4 is 5.32 Å². The van der Waals surface area contributed by atoms with Crippen molar-refractivity contribution >= 4 is 12.4 Å². The molecule has 0 saturated heterocycles. The maximum Gasteiger partial charge on any atom is 0.305 e. The van der Waals surface area contributed by atoms with E-state index in [-0.39, 0.29) is 12.5 Å². The lowest BCUT2D eigenvalue weighted by molar-refractivity contribution is -0.137. The van der Waals surface area contributed by atoms with Crippen LogP contribution >= 0.6 is 0 Å². The van der Waals surface area contributed by atoms with Gasteiger partial charge in [0.2, 0.25) is 6.41 Å². The summed E-state index contributed by atoms with van der Waals surface area (Å²) < 4.78 is 1.84. The van der Waals surface area contributed by atoms with Gasteiger partial charge in [0.15, 0.2) is 0 Å². The molecule has 0 aliphatic heterocycles. The molecular weight excluding hydrogens is 210 g/mol. The normalized spacial score (nSPS) is 12.4. The quantitative estimate of drug-likeness (QED) is 0.699. The fourth-order valence-electron chi connectivity index (χ4n) is 1.52. The van der Waals surface area contributed by atoms with E-state index < -0.39 is 12.0 Å². The number of hydrogen-bond donors (Lipinski definition) is 2. The molecule has 1 aromatic heterocycles. The predicted octanol–water partition coefficient (Wildman–Crippen LogP) is 0.726. The molecule has 6 heteroatoms. The number of nitrogens with zero attached hydrogens (tertiary/aromatic N) is 2. The van der Waals surface area contributed by atoms with Crippen molar-refractivity contribution in [3.8, 4) is 0 Å². The Morgan fingerprint density at radius 1 is 1.69 bits per heavy atom. The Morgan fingerprint density at radius 3 is 2.88 bits per heavy atom. The van der Waals surface area contributed by atoms with Crippen LogP contribution in [-0.4, -0.2) is 27.0 Å². The van der Waals surface area contributed by atoms with Crippen LogP contribution in [0.5, 0.6) is 0 Å². The van der Waals surface area contributed by atoms with Gasteiger partial charge in [-0.25, -0.2) is 4.98 Å². The van der Waals surface area contributed by atoms with Gasteiger partial charge in [-0.05, 0) is 13.8 Å². The van der Waals surface area contributed by atoms with Gasteiger partial charge in [-0.15, -0.1) is 0 Å². The fourth-order valence-corrected chi connectivity index (χ4v) is 1.52. The molecule has 0 aromatic carbocycles. The lowest BCUT2D eigenvalue weighted by Gasteiger charge is -2.18.